The molecule has 7 aromatic rings. The molecule has 7 rings (SSSR count). The molecule has 0 amide bonds. The van der Waals surface area contributed by atoms with Gasteiger partial charge in [0.2, 0.25) is 0 Å². The van der Waals surface area contributed by atoms with E-state index in [9.17, 15) is 5.11 Å². The SMILES string of the molecule is Cc1[c-]c(-c2nccc3cc(C(C)C)c4ccccc4c23)cc(C)c1.Cn1c(-c2ccccc2O)nc2ccccc21.[Ir]. The molecule has 0 unspecified atom stereocenters. The van der Waals surface area contributed by atoms with Crippen LogP contribution in [0.5, 0.6) is 5.75 Å². The minimum Gasteiger partial charge on any atom is -0.507 e. The first-order valence-electron chi connectivity index (χ1n) is 14.3. The number of nitrogens with zero attached hydrogens (tertiary/aromatic N) is 3. The molecule has 4 nitrogen and oxygen atoms in total. The Bertz CT molecular complexity index is 2060. The van der Waals surface area contributed by atoms with Gasteiger partial charge in [0.25, 0.3) is 0 Å². The molecule has 43 heavy (non-hydrogen) atoms. The number of aromatic nitrogens is 3. The number of rotatable bonds is 3. The topological polar surface area (TPSA) is 50.9 Å². The second-order valence-corrected chi connectivity index (χ2v) is 11.2. The summed E-state index contributed by atoms with van der Waals surface area (Å²) in [5, 5.41) is 14.9. The molecule has 0 bridgehead atoms. The molecule has 0 fully saturated rings. The zero-order valence-corrected chi connectivity index (χ0v) is 27.4. The van der Waals surface area contributed by atoms with Crippen molar-refractivity contribution >= 4 is 32.6 Å². The van der Waals surface area contributed by atoms with Crippen LogP contribution in [0.1, 0.15) is 36.5 Å². The summed E-state index contributed by atoms with van der Waals surface area (Å²) in [6.45, 7) is 8.74. The van der Waals surface area contributed by atoms with Crippen molar-refractivity contribution in [3.63, 3.8) is 0 Å². The number of fused-ring (bicyclic) bond motifs is 4. The first kappa shape index (κ1) is 30.2. The van der Waals surface area contributed by atoms with E-state index in [1.165, 1.54) is 32.7 Å². The summed E-state index contributed by atoms with van der Waals surface area (Å²) >= 11 is 0. The molecule has 5 aromatic carbocycles. The van der Waals surface area contributed by atoms with Gasteiger partial charge < -0.3 is 14.7 Å². The minimum atomic E-state index is 0. The quantitative estimate of drug-likeness (QED) is 0.145. The van der Waals surface area contributed by atoms with Crippen LogP contribution < -0.4 is 0 Å². The standard InChI is InChI=1S/C24H22N.C14H12N2O.Ir/c1-15(2)22-14-18-9-10-25-24(19-12-16(3)11-17(4)13-19)23(18)21-8-6-5-7-20(21)22;1-16-12-8-4-3-7-11(12)15-14(16)10-6-2-5-9-13(10)17;/h5-12,14-15H,1-4H3;2-9,17H,1H3;/q-1;;. The van der Waals surface area contributed by atoms with Crippen LogP contribution in [-0.4, -0.2) is 19.6 Å². The Kier molecular flexibility index (Phi) is 8.77. The molecule has 0 atom stereocenters. The van der Waals surface area contributed by atoms with Gasteiger partial charge in [0.15, 0.2) is 0 Å². The number of benzene rings is 5. The summed E-state index contributed by atoms with van der Waals surface area (Å²) in [5.41, 5.74) is 8.64. The number of aromatic hydroxyl groups is 1. The van der Waals surface area contributed by atoms with Gasteiger partial charge in [-0.2, -0.15) is 0 Å². The smallest absolute Gasteiger partial charge is 0.144 e. The van der Waals surface area contributed by atoms with Gasteiger partial charge in [-0.1, -0.05) is 82.3 Å². The fourth-order valence-electron chi connectivity index (χ4n) is 5.83. The van der Waals surface area contributed by atoms with E-state index in [4.69, 9.17) is 4.98 Å². The van der Waals surface area contributed by atoms with Crippen molar-refractivity contribution in [1.29, 1.82) is 0 Å². The molecule has 0 saturated carbocycles. The predicted octanol–water partition coefficient (Wildman–Crippen LogP) is 9.54. The van der Waals surface area contributed by atoms with Gasteiger partial charge in [-0.05, 0) is 69.1 Å². The Morgan fingerprint density at radius 2 is 1.51 bits per heavy atom. The van der Waals surface area contributed by atoms with Crippen LogP contribution in [-0.2, 0) is 27.2 Å². The van der Waals surface area contributed by atoms with Crippen LogP contribution in [0.15, 0.2) is 103 Å². The first-order chi connectivity index (χ1) is 20.3. The van der Waals surface area contributed by atoms with Gasteiger partial charge in [0, 0.05) is 33.3 Å². The van der Waals surface area contributed by atoms with E-state index >= 15 is 0 Å². The number of hydrogen-bond donors (Lipinski definition) is 1. The summed E-state index contributed by atoms with van der Waals surface area (Å²) in [4.78, 5) is 9.30. The number of aryl methyl sites for hydroxylation is 3. The minimum absolute atomic E-state index is 0. The van der Waals surface area contributed by atoms with Crippen molar-refractivity contribution in [2.45, 2.75) is 33.6 Å². The molecule has 0 spiro atoms. The Morgan fingerprint density at radius 1 is 0.814 bits per heavy atom. The molecule has 217 valence electrons. The van der Waals surface area contributed by atoms with Crippen LogP contribution >= 0.6 is 0 Å². The van der Waals surface area contributed by atoms with Crippen molar-refractivity contribution < 1.29 is 25.2 Å². The van der Waals surface area contributed by atoms with Crippen LogP contribution in [0.4, 0.5) is 0 Å². The number of pyridine rings is 1. The van der Waals surface area contributed by atoms with Crippen LogP contribution in [0.25, 0.3) is 55.2 Å². The fraction of sp³-hybridized carbons (Fsp3) is 0.158. The Balaban J connectivity index is 0.000000179. The zero-order valence-electron chi connectivity index (χ0n) is 25.0. The number of imidazole rings is 1. The third-order valence-electron chi connectivity index (χ3n) is 7.76. The van der Waals surface area contributed by atoms with Crippen molar-refractivity contribution in [3.8, 4) is 28.4 Å². The van der Waals surface area contributed by atoms with E-state index in [-0.39, 0.29) is 25.9 Å². The third-order valence-corrected chi connectivity index (χ3v) is 7.76. The Morgan fingerprint density at radius 3 is 2.23 bits per heavy atom. The average molecular weight is 741 g/mol. The molecule has 2 heterocycles. The van der Waals surface area contributed by atoms with Gasteiger partial charge in [-0.25, -0.2) is 4.98 Å². The second kappa shape index (κ2) is 12.5. The maximum Gasteiger partial charge on any atom is 0.144 e. The molecular formula is C38H34IrN3O-. The monoisotopic (exact) mass is 741 g/mol. The normalized spacial score (nSPS) is 11.0. The van der Waals surface area contributed by atoms with E-state index in [1.54, 1.807) is 6.07 Å². The summed E-state index contributed by atoms with van der Waals surface area (Å²) in [7, 11) is 1.96. The van der Waals surface area contributed by atoms with E-state index in [0.717, 1.165) is 39.2 Å². The molecule has 5 heteroatoms. The van der Waals surface area contributed by atoms with Crippen LogP contribution in [0, 0.1) is 19.9 Å². The number of hydrogen-bond acceptors (Lipinski definition) is 3. The number of phenols is 1. The van der Waals surface area contributed by atoms with Crippen molar-refractivity contribution in [2.24, 2.45) is 7.05 Å². The third kappa shape index (κ3) is 5.84. The van der Waals surface area contributed by atoms with Crippen molar-refractivity contribution in [2.75, 3.05) is 0 Å². The average Bonchev–Trinajstić information content (AvgIpc) is 3.32. The van der Waals surface area contributed by atoms with E-state index < -0.39 is 0 Å². The van der Waals surface area contributed by atoms with Crippen molar-refractivity contribution in [1.82, 2.24) is 14.5 Å². The fourth-order valence-corrected chi connectivity index (χ4v) is 5.83. The number of phenolic OH excluding ortho intramolecular Hbond substituents is 1. The van der Waals surface area contributed by atoms with E-state index in [1.807, 2.05) is 60.3 Å². The largest absolute Gasteiger partial charge is 0.507 e. The van der Waals surface area contributed by atoms with Gasteiger partial charge in [0.05, 0.1) is 16.6 Å². The first-order valence-corrected chi connectivity index (χ1v) is 14.3. The molecular weight excluding hydrogens is 707 g/mol. The molecule has 1 N–H and O–H groups in total. The van der Waals surface area contributed by atoms with Crippen molar-refractivity contribution in [3.05, 3.63) is 126 Å². The molecule has 0 aliphatic carbocycles. The maximum atomic E-state index is 9.86. The number of para-hydroxylation sites is 3. The molecule has 0 aliphatic heterocycles. The summed E-state index contributed by atoms with van der Waals surface area (Å²) < 4.78 is 1.99. The van der Waals surface area contributed by atoms with Gasteiger partial charge in [-0.15, -0.1) is 34.9 Å². The Hall–Kier alpha value is -4.31. The van der Waals surface area contributed by atoms with E-state index in [0.29, 0.717) is 5.92 Å². The van der Waals surface area contributed by atoms with Crippen LogP contribution in [0.2, 0.25) is 0 Å². The second-order valence-electron chi connectivity index (χ2n) is 11.2. The Labute approximate surface area is 266 Å². The molecule has 0 saturated heterocycles. The predicted molar refractivity (Wildman–Crippen MR) is 175 cm³/mol. The van der Waals surface area contributed by atoms with E-state index in [2.05, 4.69) is 87.3 Å². The van der Waals surface area contributed by atoms with Gasteiger partial charge in [-0.3, -0.25) is 0 Å². The molecule has 2 aromatic heterocycles. The zero-order chi connectivity index (χ0) is 29.4. The molecule has 0 aliphatic rings. The summed E-state index contributed by atoms with van der Waals surface area (Å²) in [5.74, 6) is 1.52. The van der Waals surface area contributed by atoms with Crippen LogP contribution in [0.3, 0.4) is 0 Å². The maximum absolute atomic E-state index is 9.86. The summed E-state index contributed by atoms with van der Waals surface area (Å²) in [6.07, 6.45) is 1.92. The van der Waals surface area contributed by atoms with Gasteiger partial charge >= 0.3 is 0 Å². The van der Waals surface area contributed by atoms with Gasteiger partial charge in [0.1, 0.15) is 11.6 Å². The molecule has 1 radical (unpaired) electrons. The summed E-state index contributed by atoms with van der Waals surface area (Å²) in [6, 6.07) is 36.2.